The first-order chi connectivity index (χ1) is 32.7. The third-order valence-electron chi connectivity index (χ3n) is 14.8. The van der Waals surface area contributed by atoms with Crippen LogP contribution in [0.5, 0.6) is 0 Å². The quantitative estimate of drug-likeness (QED) is 0.0948. The van der Waals surface area contributed by atoms with E-state index in [0.29, 0.717) is 0 Å². The zero-order chi connectivity index (χ0) is 46.2. The third-order valence-corrected chi connectivity index (χ3v) is 20.0. The van der Waals surface area contributed by atoms with Gasteiger partial charge in [-0.2, -0.15) is 0 Å². The van der Waals surface area contributed by atoms with Crippen LogP contribution in [0, 0.1) is 26.7 Å². The molecule has 1 heteroatoms. The lowest BCUT2D eigenvalue weighted by molar-refractivity contribution is 0.851. The van der Waals surface area contributed by atoms with Crippen molar-refractivity contribution >= 4 is 23.6 Å². The molecule has 1 atom stereocenters. The topological polar surface area (TPSA) is 0 Å². The second-order valence-electron chi connectivity index (χ2n) is 18.7. The number of aryl methyl sites for hydroxylation is 3. The lowest BCUT2D eigenvalue weighted by Gasteiger charge is -2.43. The predicted octanol–water partition coefficient (Wildman–Crippen LogP) is 15.9. The van der Waals surface area contributed by atoms with E-state index in [-0.39, 0.29) is 5.92 Å². The minimum Gasteiger partial charge on any atom is -0.0636 e. The Kier molecular flexibility index (Phi) is 11.8. The summed E-state index contributed by atoms with van der Waals surface area (Å²) in [5.41, 5.74) is 23.2. The van der Waals surface area contributed by atoms with E-state index in [1.165, 1.54) is 116 Å². The first-order valence-corrected chi connectivity index (χ1v) is 25.8. The van der Waals surface area contributed by atoms with Gasteiger partial charge in [-0.15, -0.1) is 0 Å². The average Bonchev–Trinajstić information content (AvgIpc) is 3.56. The minimum absolute atomic E-state index is 0.171. The fraction of sp³-hybridized carbons (Fsp3) is 0.121. The highest BCUT2D eigenvalue weighted by atomic mass is 28.3. The number of benzene rings is 9. The first kappa shape index (κ1) is 43.6. The molecule has 0 spiro atoms. The Bertz CT molecular complexity index is 2990. The molecule has 0 nitrogen and oxygen atoms in total. The molecule has 10 rings (SSSR count). The molecule has 0 saturated carbocycles. The van der Waals surface area contributed by atoms with Crippen molar-refractivity contribution in [2.24, 2.45) is 5.92 Å². The molecule has 0 aromatic heterocycles. The Morgan fingerprint density at radius 2 is 0.537 bits per heavy atom. The molecule has 0 N–H and O–H groups in total. The van der Waals surface area contributed by atoms with Gasteiger partial charge in [-0.3, -0.25) is 0 Å². The fourth-order valence-corrected chi connectivity index (χ4v) is 18.1. The molecule has 9 aromatic carbocycles. The van der Waals surface area contributed by atoms with E-state index in [1.54, 1.807) is 5.20 Å². The molecule has 9 aromatic rings. The molecule has 1 aliphatic rings. The Balaban J connectivity index is 1.55. The van der Waals surface area contributed by atoms with Gasteiger partial charge in [-0.05, 0) is 152 Å². The Labute approximate surface area is 399 Å². The molecule has 1 aliphatic carbocycles. The van der Waals surface area contributed by atoms with Gasteiger partial charge in [0.25, 0.3) is 0 Å². The summed E-state index contributed by atoms with van der Waals surface area (Å²) in [4.78, 5) is 0. The van der Waals surface area contributed by atoms with Crippen LogP contribution in [-0.2, 0) is 0 Å². The van der Waals surface area contributed by atoms with Crippen molar-refractivity contribution in [2.45, 2.75) is 48.5 Å². The SMILES string of the molecule is CC1=C(C)C(C)C([Si](c2cc(-c3ccccc3)cc(C)c2-c2ccccc2)(c2cc(-c3ccccc3)cc(C)c2-c2ccccc2)c2cc(-c3ccccc3)cc(C)c2-c2ccccc2)=C1C. The van der Waals surface area contributed by atoms with Crippen molar-refractivity contribution in [1.82, 2.24) is 0 Å². The van der Waals surface area contributed by atoms with Crippen LogP contribution in [-0.4, -0.2) is 8.07 Å². The molecule has 0 fully saturated rings. The third kappa shape index (κ3) is 7.68. The zero-order valence-corrected chi connectivity index (χ0v) is 40.9. The summed E-state index contributed by atoms with van der Waals surface area (Å²) in [7, 11) is -3.63. The van der Waals surface area contributed by atoms with Gasteiger partial charge in [-0.25, -0.2) is 0 Å². The maximum atomic E-state index is 2.64. The van der Waals surface area contributed by atoms with Gasteiger partial charge in [0.1, 0.15) is 0 Å². The summed E-state index contributed by atoms with van der Waals surface area (Å²) in [6.07, 6.45) is 0. The molecule has 0 heterocycles. The molecule has 0 saturated heterocycles. The molecule has 0 radical (unpaired) electrons. The van der Waals surface area contributed by atoms with Crippen LogP contribution in [0.2, 0.25) is 0 Å². The largest absolute Gasteiger partial charge is 0.178 e. The maximum Gasteiger partial charge on any atom is 0.178 e. The van der Waals surface area contributed by atoms with E-state index >= 15 is 0 Å². The molecule has 0 bridgehead atoms. The molecular formula is C66H58Si. The molecular weight excluding hydrogens is 821 g/mol. The smallest absolute Gasteiger partial charge is 0.0636 e. The van der Waals surface area contributed by atoms with Gasteiger partial charge in [0, 0.05) is 0 Å². The van der Waals surface area contributed by atoms with Crippen molar-refractivity contribution in [3.8, 4) is 66.8 Å². The van der Waals surface area contributed by atoms with Gasteiger partial charge in [0.05, 0.1) is 0 Å². The van der Waals surface area contributed by atoms with Crippen LogP contribution in [0.3, 0.4) is 0 Å². The van der Waals surface area contributed by atoms with Crippen LogP contribution in [0.1, 0.15) is 44.4 Å². The Morgan fingerprint density at radius 3 is 0.776 bits per heavy atom. The molecule has 67 heavy (non-hydrogen) atoms. The van der Waals surface area contributed by atoms with Gasteiger partial charge in [0.15, 0.2) is 8.07 Å². The van der Waals surface area contributed by atoms with E-state index in [0.717, 1.165) is 0 Å². The van der Waals surface area contributed by atoms with Gasteiger partial charge >= 0.3 is 0 Å². The van der Waals surface area contributed by atoms with E-state index < -0.39 is 8.07 Å². The predicted molar refractivity (Wildman–Crippen MR) is 291 cm³/mol. The first-order valence-electron chi connectivity index (χ1n) is 23.8. The lowest BCUT2D eigenvalue weighted by atomic mass is 9.94. The number of rotatable bonds is 10. The lowest BCUT2D eigenvalue weighted by Crippen LogP contribution is -2.71. The second kappa shape index (κ2) is 18.2. The maximum absolute atomic E-state index is 3.63. The highest BCUT2D eigenvalue weighted by molar-refractivity contribution is 7.18. The fourth-order valence-electron chi connectivity index (χ4n) is 11.4. The summed E-state index contributed by atoms with van der Waals surface area (Å²) in [6, 6.07) is 82.3. The summed E-state index contributed by atoms with van der Waals surface area (Å²) < 4.78 is 0. The number of hydrogen-bond acceptors (Lipinski definition) is 0. The average molecular weight is 879 g/mol. The van der Waals surface area contributed by atoms with Crippen molar-refractivity contribution in [2.75, 3.05) is 0 Å². The van der Waals surface area contributed by atoms with Crippen LogP contribution in [0.25, 0.3) is 66.8 Å². The molecule has 1 unspecified atom stereocenters. The van der Waals surface area contributed by atoms with Crippen LogP contribution in [0.15, 0.2) is 240 Å². The van der Waals surface area contributed by atoms with E-state index in [2.05, 4.69) is 267 Å². The van der Waals surface area contributed by atoms with Crippen LogP contribution < -0.4 is 15.6 Å². The summed E-state index contributed by atoms with van der Waals surface area (Å²) in [5.74, 6) is 0.171. The van der Waals surface area contributed by atoms with Gasteiger partial charge in [0.2, 0.25) is 0 Å². The van der Waals surface area contributed by atoms with Crippen molar-refractivity contribution in [3.63, 3.8) is 0 Å². The van der Waals surface area contributed by atoms with Crippen molar-refractivity contribution in [1.29, 1.82) is 0 Å². The van der Waals surface area contributed by atoms with Gasteiger partial charge < -0.3 is 0 Å². The van der Waals surface area contributed by atoms with E-state index in [1.807, 2.05) is 0 Å². The monoisotopic (exact) mass is 878 g/mol. The number of allylic oxidation sites excluding steroid dienone is 4. The summed E-state index contributed by atoms with van der Waals surface area (Å²) in [6.45, 7) is 16.8. The second-order valence-corrected chi connectivity index (χ2v) is 22.3. The van der Waals surface area contributed by atoms with Crippen molar-refractivity contribution in [3.05, 3.63) is 257 Å². The molecule has 326 valence electrons. The normalized spacial score (nSPS) is 13.9. The highest BCUT2D eigenvalue weighted by Crippen LogP contribution is 2.46. The van der Waals surface area contributed by atoms with Gasteiger partial charge in [-0.1, -0.05) is 242 Å². The standard InChI is InChI=1S/C66H58Si/c1-44-38-57(51-26-14-8-15-27-51)41-60(63(44)54-32-20-11-21-33-54)67(66-49(6)47(4)48(5)50(66)7,61-42-58(52-28-16-9-17-29-52)39-45(2)64(61)55-34-22-12-23-35-55)62-43-59(53-30-18-10-19-31-53)40-46(3)65(62)56-36-24-13-25-37-56/h8-43,49H,1-7H3. The van der Waals surface area contributed by atoms with Crippen molar-refractivity contribution < 1.29 is 0 Å². The summed E-state index contributed by atoms with van der Waals surface area (Å²) in [5, 5.41) is 5.83. The number of hydrogen-bond donors (Lipinski definition) is 0. The summed E-state index contributed by atoms with van der Waals surface area (Å²) >= 11 is 0. The minimum atomic E-state index is -3.63. The molecule has 0 amide bonds. The zero-order valence-electron chi connectivity index (χ0n) is 39.9. The van der Waals surface area contributed by atoms with Crippen LogP contribution in [0.4, 0.5) is 0 Å². The highest BCUT2D eigenvalue weighted by Gasteiger charge is 2.52. The Hall–Kier alpha value is -7.32. The molecule has 0 aliphatic heterocycles. The van der Waals surface area contributed by atoms with E-state index in [9.17, 15) is 0 Å². The van der Waals surface area contributed by atoms with E-state index in [4.69, 9.17) is 0 Å². The Morgan fingerprint density at radius 1 is 0.284 bits per heavy atom. The van der Waals surface area contributed by atoms with Crippen LogP contribution >= 0.6 is 0 Å².